The molecule has 1 spiro atoms. The number of hydrogen-bond donors (Lipinski definition) is 0. The van der Waals surface area contributed by atoms with E-state index in [0.29, 0.717) is 47.5 Å². The van der Waals surface area contributed by atoms with Crippen molar-refractivity contribution in [3.63, 3.8) is 0 Å². The number of hydrogen-bond acceptors (Lipinski definition) is 3. The third-order valence-electron chi connectivity index (χ3n) is 6.49. The van der Waals surface area contributed by atoms with Crippen LogP contribution in [0.1, 0.15) is 40.7 Å². The first-order valence-corrected chi connectivity index (χ1v) is 11.8. The lowest BCUT2D eigenvalue weighted by molar-refractivity contribution is 0.0763. The molecule has 1 amide bonds. The SMILES string of the molecule is Cc1cc(C(=O)N2CC[C@]3(C2)c2ccccc2S(=O)(=O)N3CC2CC2)ccc1Cl. The Balaban J connectivity index is 1.52. The van der Waals surface area contributed by atoms with E-state index in [9.17, 15) is 13.2 Å². The number of aryl methyl sites for hydroxylation is 1. The van der Waals surface area contributed by atoms with Crippen molar-refractivity contribution in [2.24, 2.45) is 5.92 Å². The summed E-state index contributed by atoms with van der Waals surface area (Å²) in [7, 11) is -3.54. The van der Waals surface area contributed by atoms with Crippen molar-refractivity contribution in [1.29, 1.82) is 0 Å². The average Bonchev–Trinajstić information content (AvgIpc) is 3.40. The summed E-state index contributed by atoms with van der Waals surface area (Å²) in [5.41, 5.74) is 1.63. The van der Waals surface area contributed by atoms with Crippen molar-refractivity contribution in [2.45, 2.75) is 36.6 Å². The van der Waals surface area contributed by atoms with Crippen molar-refractivity contribution in [3.05, 3.63) is 64.2 Å². The fourth-order valence-corrected chi connectivity index (χ4v) is 6.97. The van der Waals surface area contributed by atoms with E-state index in [2.05, 4.69) is 0 Å². The monoisotopic (exact) mass is 430 g/mol. The highest BCUT2D eigenvalue weighted by Gasteiger charge is 2.58. The molecule has 0 bridgehead atoms. The summed E-state index contributed by atoms with van der Waals surface area (Å²) in [6, 6.07) is 12.6. The molecule has 1 saturated carbocycles. The molecule has 1 saturated heterocycles. The van der Waals surface area contributed by atoms with Crippen LogP contribution in [0.15, 0.2) is 47.4 Å². The van der Waals surface area contributed by atoms with E-state index in [1.807, 2.05) is 19.1 Å². The molecule has 29 heavy (non-hydrogen) atoms. The normalized spacial score (nSPS) is 25.5. The molecule has 5 nitrogen and oxygen atoms in total. The highest BCUT2D eigenvalue weighted by atomic mass is 35.5. The second-order valence-electron chi connectivity index (χ2n) is 8.45. The lowest BCUT2D eigenvalue weighted by Gasteiger charge is -2.34. The first-order chi connectivity index (χ1) is 13.8. The van der Waals surface area contributed by atoms with Gasteiger partial charge >= 0.3 is 0 Å². The molecule has 5 rings (SSSR count). The number of fused-ring (bicyclic) bond motifs is 2. The van der Waals surface area contributed by atoms with Crippen molar-refractivity contribution in [3.8, 4) is 0 Å². The minimum absolute atomic E-state index is 0.0743. The number of rotatable bonds is 3. The minimum atomic E-state index is -3.54. The standard InChI is InChI=1S/C22H23ClN2O3S/c1-15-12-17(8-9-19(15)23)21(26)24-11-10-22(14-24)18-4-2-3-5-20(18)29(27,28)25(22)13-16-6-7-16/h2-5,8-9,12,16H,6-7,10-11,13-14H2,1H3/t22-/m0/s1. The maximum Gasteiger partial charge on any atom is 0.253 e. The number of likely N-dealkylation sites (tertiary alicyclic amines) is 1. The van der Waals surface area contributed by atoms with Crippen LogP contribution in [-0.2, 0) is 15.6 Å². The number of carbonyl (C=O) groups excluding carboxylic acids is 1. The van der Waals surface area contributed by atoms with E-state index in [1.54, 1.807) is 39.5 Å². The number of carbonyl (C=O) groups is 1. The predicted molar refractivity (Wildman–Crippen MR) is 111 cm³/mol. The van der Waals surface area contributed by atoms with E-state index >= 15 is 0 Å². The lowest BCUT2D eigenvalue weighted by Crippen LogP contribution is -2.47. The van der Waals surface area contributed by atoms with Crippen LogP contribution in [0.2, 0.25) is 5.02 Å². The van der Waals surface area contributed by atoms with Crippen LogP contribution in [0.4, 0.5) is 0 Å². The Kier molecular flexibility index (Phi) is 4.32. The van der Waals surface area contributed by atoms with Crippen molar-refractivity contribution < 1.29 is 13.2 Å². The van der Waals surface area contributed by atoms with Gasteiger partial charge in [0.2, 0.25) is 10.0 Å². The van der Waals surface area contributed by atoms with Crippen molar-refractivity contribution in [1.82, 2.24) is 9.21 Å². The molecule has 2 aromatic carbocycles. The zero-order valence-electron chi connectivity index (χ0n) is 16.3. The molecule has 2 heterocycles. The number of benzene rings is 2. The molecule has 0 aromatic heterocycles. The Bertz CT molecular complexity index is 1110. The van der Waals surface area contributed by atoms with Crippen LogP contribution in [0, 0.1) is 12.8 Å². The van der Waals surface area contributed by atoms with Crippen LogP contribution < -0.4 is 0 Å². The summed E-state index contributed by atoms with van der Waals surface area (Å²) in [6.45, 7) is 3.34. The van der Waals surface area contributed by atoms with E-state index in [-0.39, 0.29) is 5.91 Å². The van der Waals surface area contributed by atoms with Crippen LogP contribution in [0.25, 0.3) is 0 Å². The van der Waals surface area contributed by atoms with Crippen LogP contribution in [0.5, 0.6) is 0 Å². The molecule has 1 atom stereocenters. The van der Waals surface area contributed by atoms with Gasteiger partial charge in [-0.05, 0) is 67.5 Å². The minimum Gasteiger partial charge on any atom is -0.336 e. The van der Waals surface area contributed by atoms with Gasteiger partial charge in [0.15, 0.2) is 0 Å². The molecule has 152 valence electrons. The first-order valence-electron chi connectivity index (χ1n) is 10.0. The molecule has 1 aliphatic carbocycles. The van der Waals surface area contributed by atoms with Crippen LogP contribution in [-0.4, -0.2) is 43.2 Å². The van der Waals surface area contributed by atoms with Gasteiger partial charge in [-0.2, -0.15) is 4.31 Å². The summed E-state index contributed by atoms with van der Waals surface area (Å²) >= 11 is 6.11. The highest BCUT2D eigenvalue weighted by Crippen LogP contribution is 2.51. The topological polar surface area (TPSA) is 57.7 Å². The zero-order valence-corrected chi connectivity index (χ0v) is 17.8. The average molecular weight is 431 g/mol. The zero-order chi connectivity index (χ0) is 20.4. The Morgan fingerprint density at radius 1 is 1.21 bits per heavy atom. The van der Waals surface area contributed by atoms with Crippen LogP contribution >= 0.6 is 11.6 Å². The Morgan fingerprint density at radius 3 is 2.69 bits per heavy atom. The second kappa shape index (κ2) is 6.56. The molecule has 3 aliphatic rings. The molecule has 0 N–H and O–H groups in total. The van der Waals surface area contributed by atoms with Gasteiger partial charge in [-0.3, -0.25) is 4.79 Å². The molecule has 2 aliphatic heterocycles. The van der Waals surface area contributed by atoms with Crippen LogP contribution in [0.3, 0.4) is 0 Å². The van der Waals surface area contributed by atoms with Gasteiger partial charge in [-0.15, -0.1) is 0 Å². The first kappa shape index (κ1) is 19.1. The Hall–Kier alpha value is -1.89. The van der Waals surface area contributed by atoms with E-state index < -0.39 is 15.6 Å². The molecule has 0 unspecified atom stereocenters. The van der Waals surface area contributed by atoms with E-state index in [4.69, 9.17) is 11.6 Å². The molecule has 0 radical (unpaired) electrons. The molecule has 2 aromatic rings. The number of halogens is 1. The van der Waals surface area contributed by atoms with Gasteiger partial charge in [-0.25, -0.2) is 8.42 Å². The molecular formula is C22H23ClN2O3S. The van der Waals surface area contributed by atoms with Gasteiger partial charge < -0.3 is 4.90 Å². The van der Waals surface area contributed by atoms with E-state index in [0.717, 1.165) is 24.0 Å². The molecular weight excluding hydrogens is 408 g/mol. The summed E-state index contributed by atoms with van der Waals surface area (Å²) in [6.07, 6.45) is 2.77. The maximum absolute atomic E-state index is 13.3. The quantitative estimate of drug-likeness (QED) is 0.744. The number of nitrogens with zero attached hydrogens (tertiary/aromatic N) is 2. The van der Waals surface area contributed by atoms with Gasteiger partial charge in [0, 0.05) is 30.2 Å². The van der Waals surface area contributed by atoms with Gasteiger partial charge in [0.25, 0.3) is 5.91 Å². The van der Waals surface area contributed by atoms with E-state index in [1.165, 1.54) is 0 Å². The van der Waals surface area contributed by atoms with Gasteiger partial charge in [0.05, 0.1) is 10.4 Å². The number of amides is 1. The smallest absolute Gasteiger partial charge is 0.253 e. The summed E-state index contributed by atoms with van der Waals surface area (Å²) in [5.74, 6) is 0.356. The lowest BCUT2D eigenvalue weighted by atomic mass is 9.88. The fourth-order valence-electron chi connectivity index (χ4n) is 4.72. The predicted octanol–water partition coefficient (Wildman–Crippen LogP) is 3.80. The fraction of sp³-hybridized carbons (Fsp3) is 0.409. The highest BCUT2D eigenvalue weighted by molar-refractivity contribution is 7.89. The van der Waals surface area contributed by atoms with Gasteiger partial charge in [-0.1, -0.05) is 29.8 Å². The Morgan fingerprint density at radius 2 is 1.97 bits per heavy atom. The summed E-state index contributed by atoms with van der Waals surface area (Å²) in [4.78, 5) is 15.4. The molecule has 2 fully saturated rings. The maximum atomic E-state index is 13.3. The third-order valence-corrected chi connectivity index (χ3v) is 8.91. The Labute approximate surface area is 176 Å². The van der Waals surface area contributed by atoms with Crippen molar-refractivity contribution >= 4 is 27.5 Å². The third kappa shape index (κ3) is 2.92. The molecule has 7 heteroatoms. The summed E-state index contributed by atoms with van der Waals surface area (Å²) < 4.78 is 28.4. The second-order valence-corrected chi connectivity index (χ2v) is 10.7. The largest absolute Gasteiger partial charge is 0.336 e. The van der Waals surface area contributed by atoms with Gasteiger partial charge in [0.1, 0.15) is 0 Å². The summed E-state index contributed by atoms with van der Waals surface area (Å²) in [5, 5.41) is 0.630. The van der Waals surface area contributed by atoms with Crippen molar-refractivity contribution in [2.75, 3.05) is 19.6 Å². The number of sulfonamides is 1.